The molecule has 0 bridgehead atoms. The van der Waals surface area contributed by atoms with Gasteiger partial charge in [-0.3, -0.25) is 0 Å². The normalized spacial score (nSPS) is 12.8. The summed E-state index contributed by atoms with van der Waals surface area (Å²) in [6, 6.07) is 3.01. The van der Waals surface area contributed by atoms with Gasteiger partial charge in [0.2, 0.25) is 5.95 Å². The smallest absolute Gasteiger partial charge is 0.201 e. The van der Waals surface area contributed by atoms with E-state index in [4.69, 9.17) is 15.2 Å². The molecule has 1 unspecified atom stereocenters. The standard InChI is InChI=1S/C13H18FN3O2/c1-4-8(7-18-2)17-11-6-12(19-3)9(14)5-10(11)16-13(17)15/h5-6,8H,4,7H2,1-3H3,(H2,15,16). The fourth-order valence-electron chi connectivity index (χ4n) is 2.22. The van der Waals surface area contributed by atoms with E-state index in [-0.39, 0.29) is 11.8 Å². The molecule has 0 saturated heterocycles. The number of anilines is 1. The van der Waals surface area contributed by atoms with Gasteiger partial charge < -0.3 is 19.8 Å². The highest BCUT2D eigenvalue weighted by molar-refractivity contribution is 5.80. The fourth-order valence-corrected chi connectivity index (χ4v) is 2.22. The molecule has 2 aromatic rings. The first-order valence-corrected chi connectivity index (χ1v) is 6.12. The highest BCUT2D eigenvalue weighted by Gasteiger charge is 2.18. The monoisotopic (exact) mass is 267 g/mol. The second kappa shape index (κ2) is 5.44. The molecule has 1 aromatic heterocycles. The van der Waals surface area contributed by atoms with Crippen molar-refractivity contribution in [2.75, 3.05) is 26.6 Å². The van der Waals surface area contributed by atoms with Gasteiger partial charge in [0.15, 0.2) is 11.6 Å². The van der Waals surface area contributed by atoms with Crippen molar-refractivity contribution in [3.8, 4) is 5.75 Å². The number of fused-ring (bicyclic) bond motifs is 1. The lowest BCUT2D eigenvalue weighted by Crippen LogP contribution is -2.16. The number of benzene rings is 1. The van der Waals surface area contributed by atoms with E-state index in [0.717, 1.165) is 11.9 Å². The SMILES string of the molecule is CCC(COC)n1c(N)nc2cc(F)c(OC)cc21. The van der Waals surface area contributed by atoms with Crippen LogP contribution in [0.4, 0.5) is 10.3 Å². The van der Waals surface area contributed by atoms with Crippen LogP contribution in [0.3, 0.4) is 0 Å². The zero-order valence-electron chi connectivity index (χ0n) is 11.3. The summed E-state index contributed by atoms with van der Waals surface area (Å²) in [6.07, 6.45) is 0.836. The summed E-state index contributed by atoms with van der Waals surface area (Å²) in [4.78, 5) is 4.19. The summed E-state index contributed by atoms with van der Waals surface area (Å²) in [7, 11) is 3.07. The number of nitrogen functional groups attached to an aromatic ring is 1. The van der Waals surface area contributed by atoms with Crippen molar-refractivity contribution in [3.63, 3.8) is 0 Å². The topological polar surface area (TPSA) is 62.3 Å². The lowest BCUT2D eigenvalue weighted by molar-refractivity contribution is 0.155. The van der Waals surface area contributed by atoms with Crippen molar-refractivity contribution in [1.29, 1.82) is 0 Å². The molecule has 5 nitrogen and oxygen atoms in total. The van der Waals surface area contributed by atoms with Gasteiger partial charge >= 0.3 is 0 Å². The van der Waals surface area contributed by atoms with Crippen LogP contribution in [0.5, 0.6) is 5.75 Å². The maximum Gasteiger partial charge on any atom is 0.201 e. The van der Waals surface area contributed by atoms with Gasteiger partial charge in [-0.05, 0) is 6.42 Å². The Kier molecular flexibility index (Phi) is 3.90. The van der Waals surface area contributed by atoms with Crippen molar-refractivity contribution >= 4 is 17.0 Å². The van der Waals surface area contributed by atoms with Crippen molar-refractivity contribution in [2.24, 2.45) is 0 Å². The average molecular weight is 267 g/mol. The number of methoxy groups -OCH3 is 2. The summed E-state index contributed by atoms with van der Waals surface area (Å²) in [6.45, 7) is 2.56. The van der Waals surface area contributed by atoms with E-state index in [0.29, 0.717) is 18.1 Å². The number of nitrogens with zero attached hydrogens (tertiary/aromatic N) is 2. The number of rotatable bonds is 5. The Hall–Kier alpha value is -1.82. The van der Waals surface area contributed by atoms with Gasteiger partial charge in [-0.15, -0.1) is 0 Å². The summed E-state index contributed by atoms with van der Waals surface area (Å²) < 4.78 is 25.7. The number of nitrogens with two attached hydrogens (primary N) is 1. The molecule has 0 aliphatic carbocycles. The van der Waals surface area contributed by atoms with Crippen LogP contribution in [-0.2, 0) is 4.74 Å². The lowest BCUT2D eigenvalue weighted by Gasteiger charge is -2.18. The summed E-state index contributed by atoms with van der Waals surface area (Å²) in [5.41, 5.74) is 7.20. The van der Waals surface area contributed by atoms with Crippen LogP contribution >= 0.6 is 0 Å². The predicted octanol–water partition coefficient (Wildman–Crippen LogP) is 2.36. The second-order valence-corrected chi connectivity index (χ2v) is 4.33. The van der Waals surface area contributed by atoms with E-state index in [9.17, 15) is 4.39 Å². The van der Waals surface area contributed by atoms with Gasteiger partial charge in [-0.2, -0.15) is 0 Å². The first kappa shape index (κ1) is 13.6. The van der Waals surface area contributed by atoms with Gasteiger partial charge in [0.05, 0.1) is 30.8 Å². The zero-order chi connectivity index (χ0) is 14.0. The van der Waals surface area contributed by atoms with Crippen molar-refractivity contribution < 1.29 is 13.9 Å². The fraction of sp³-hybridized carbons (Fsp3) is 0.462. The molecular weight excluding hydrogens is 249 g/mol. The second-order valence-electron chi connectivity index (χ2n) is 4.33. The molecule has 6 heteroatoms. The Morgan fingerprint density at radius 2 is 2.16 bits per heavy atom. The third-order valence-electron chi connectivity index (χ3n) is 3.19. The number of imidazole rings is 1. The molecule has 2 rings (SSSR count). The first-order chi connectivity index (χ1) is 9.12. The average Bonchev–Trinajstić information content (AvgIpc) is 2.70. The molecule has 0 aliphatic rings. The van der Waals surface area contributed by atoms with E-state index in [1.54, 1.807) is 13.2 Å². The van der Waals surface area contributed by atoms with Crippen molar-refractivity contribution in [3.05, 3.63) is 17.9 Å². The Morgan fingerprint density at radius 3 is 2.74 bits per heavy atom. The largest absolute Gasteiger partial charge is 0.494 e. The number of hydrogen-bond donors (Lipinski definition) is 1. The predicted molar refractivity (Wildman–Crippen MR) is 71.9 cm³/mol. The molecule has 19 heavy (non-hydrogen) atoms. The third kappa shape index (κ3) is 2.35. The molecule has 1 atom stereocenters. The molecule has 0 amide bonds. The van der Waals surface area contributed by atoms with Crippen molar-refractivity contribution in [2.45, 2.75) is 19.4 Å². The van der Waals surface area contributed by atoms with Gasteiger partial charge in [0.1, 0.15) is 0 Å². The maximum atomic E-state index is 13.7. The number of hydrogen-bond acceptors (Lipinski definition) is 4. The van der Waals surface area contributed by atoms with Crippen LogP contribution < -0.4 is 10.5 Å². The molecule has 1 aromatic carbocycles. The molecule has 1 heterocycles. The van der Waals surface area contributed by atoms with Crippen LogP contribution in [0.2, 0.25) is 0 Å². The quantitative estimate of drug-likeness (QED) is 0.903. The van der Waals surface area contributed by atoms with Crippen LogP contribution in [0.15, 0.2) is 12.1 Å². The van der Waals surface area contributed by atoms with Crippen LogP contribution in [0.1, 0.15) is 19.4 Å². The summed E-state index contributed by atoms with van der Waals surface area (Å²) >= 11 is 0. The Bertz CT molecular complexity index is 583. The highest BCUT2D eigenvalue weighted by Crippen LogP contribution is 2.29. The number of halogens is 1. The van der Waals surface area contributed by atoms with E-state index < -0.39 is 5.82 Å². The van der Waals surface area contributed by atoms with E-state index in [2.05, 4.69) is 4.98 Å². The maximum absolute atomic E-state index is 13.7. The summed E-state index contributed by atoms with van der Waals surface area (Å²) in [5, 5.41) is 0. The molecule has 0 spiro atoms. The zero-order valence-corrected chi connectivity index (χ0v) is 11.3. The van der Waals surface area contributed by atoms with Gasteiger partial charge in [-0.25, -0.2) is 9.37 Å². The Balaban J connectivity index is 2.62. The molecule has 2 N–H and O–H groups in total. The first-order valence-electron chi connectivity index (χ1n) is 6.12. The summed E-state index contributed by atoms with van der Waals surface area (Å²) in [5.74, 6) is 0.0897. The molecular formula is C13H18FN3O2. The van der Waals surface area contributed by atoms with Crippen LogP contribution in [-0.4, -0.2) is 30.4 Å². The minimum atomic E-state index is -0.445. The van der Waals surface area contributed by atoms with Gasteiger partial charge in [0, 0.05) is 19.2 Å². The molecule has 104 valence electrons. The third-order valence-corrected chi connectivity index (χ3v) is 3.19. The minimum Gasteiger partial charge on any atom is -0.494 e. The molecule has 0 saturated carbocycles. The van der Waals surface area contributed by atoms with Crippen LogP contribution in [0, 0.1) is 5.82 Å². The highest BCUT2D eigenvalue weighted by atomic mass is 19.1. The van der Waals surface area contributed by atoms with Gasteiger partial charge in [0.25, 0.3) is 0 Å². The lowest BCUT2D eigenvalue weighted by atomic mass is 10.2. The Labute approximate surface area is 111 Å². The number of ether oxygens (including phenoxy) is 2. The Morgan fingerprint density at radius 1 is 1.42 bits per heavy atom. The van der Waals surface area contributed by atoms with E-state index in [1.165, 1.54) is 13.2 Å². The van der Waals surface area contributed by atoms with Crippen LogP contribution in [0.25, 0.3) is 11.0 Å². The molecule has 0 radical (unpaired) electrons. The molecule has 0 fully saturated rings. The van der Waals surface area contributed by atoms with E-state index in [1.807, 2.05) is 11.5 Å². The van der Waals surface area contributed by atoms with Gasteiger partial charge in [-0.1, -0.05) is 6.92 Å². The minimum absolute atomic E-state index is 0.0603. The van der Waals surface area contributed by atoms with E-state index >= 15 is 0 Å². The number of aromatic nitrogens is 2. The van der Waals surface area contributed by atoms with Crippen molar-refractivity contribution in [1.82, 2.24) is 9.55 Å². The molecule has 0 aliphatic heterocycles.